The number of rotatable bonds is 2. The molecule has 4 rings (SSSR count). The average Bonchev–Trinajstić information content (AvgIpc) is 3.14. The highest BCUT2D eigenvalue weighted by Crippen LogP contribution is 2.28. The number of carbonyl (C=O) groups excluding carboxylic acids is 1. The molecule has 0 bridgehead atoms. The van der Waals surface area contributed by atoms with Crippen LogP contribution in [0.3, 0.4) is 0 Å². The number of aromatic nitrogens is 2. The highest BCUT2D eigenvalue weighted by Gasteiger charge is 2.25. The Morgan fingerprint density at radius 2 is 1.91 bits per heavy atom. The molecule has 0 aliphatic carbocycles. The number of amides is 1. The van der Waals surface area contributed by atoms with Crippen LogP contribution in [0.1, 0.15) is 36.2 Å². The Balaban J connectivity index is 1.82. The standard InChI is InChI=1S/C18H19N3OS/c22-18(20-9-4-1-2-5-10-20)16-17(14-8-12-23-13-14)21-11-6-3-7-15(21)19-16/h3,6-8,11-13H,1-2,4-5,9-10H2. The van der Waals surface area contributed by atoms with E-state index in [1.54, 1.807) is 11.3 Å². The third kappa shape index (κ3) is 2.65. The lowest BCUT2D eigenvalue weighted by atomic mass is 10.2. The van der Waals surface area contributed by atoms with E-state index in [9.17, 15) is 4.79 Å². The van der Waals surface area contributed by atoms with Gasteiger partial charge in [-0.2, -0.15) is 11.3 Å². The van der Waals surface area contributed by atoms with E-state index >= 15 is 0 Å². The average molecular weight is 325 g/mol. The Morgan fingerprint density at radius 3 is 2.65 bits per heavy atom. The normalized spacial score (nSPS) is 15.7. The highest BCUT2D eigenvalue weighted by atomic mass is 32.1. The molecule has 1 aliphatic heterocycles. The summed E-state index contributed by atoms with van der Waals surface area (Å²) in [4.78, 5) is 19.7. The summed E-state index contributed by atoms with van der Waals surface area (Å²) in [5.41, 5.74) is 3.38. The zero-order chi connectivity index (χ0) is 15.6. The summed E-state index contributed by atoms with van der Waals surface area (Å²) in [5, 5.41) is 4.12. The van der Waals surface area contributed by atoms with Crippen molar-refractivity contribution in [1.82, 2.24) is 14.3 Å². The first-order valence-corrected chi connectivity index (χ1v) is 9.08. The fourth-order valence-corrected chi connectivity index (χ4v) is 3.88. The predicted octanol–water partition coefficient (Wildman–Crippen LogP) is 4.08. The minimum absolute atomic E-state index is 0.0665. The molecule has 3 aromatic heterocycles. The molecule has 1 saturated heterocycles. The SMILES string of the molecule is O=C(c1nc2ccccn2c1-c1ccsc1)N1CCCCCC1. The maximum absolute atomic E-state index is 13.1. The molecule has 3 aromatic rings. The summed E-state index contributed by atoms with van der Waals surface area (Å²) in [7, 11) is 0. The van der Waals surface area contributed by atoms with Crippen LogP contribution in [0.15, 0.2) is 41.2 Å². The summed E-state index contributed by atoms with van der Waals surface area (Å²) in [6.07, 6.45) is 6.59. The van der Waals surface area contributed by atoms with Gasteiger partial charge in [0.1, 0.15) is 5.65 Å². The fourth-order valence-electron chi connectivity index (χ4n) is 3.24. The zero-order valence-corrected chi connectivity index (χ0v) is 13.8. The van der Waals surface area contributed by atoms with Crippen molar-refractivity contribution in [2.75, 3.05) is 13.1 Å². The molecule has 23 heavy (non-hydrogen) atoms. The van der Waals surface area contributed by atoms with Crippen LogP contribution < -0.4 is 0 Å². The second-order valence-electron chi connectivity index (χ2n) is 5.96. The first-order chi connectivity index (χ1) is 11.3. The number of hydrogen-bond acceptors (Lipinski definition) is 3. The Labute approximate surface area is 139 Å². The van der Waals surface area contributed by atoms with Crippen LogP contribution in [-0.4, -0.2) is 33.3 Å². The molecule has 0 N–H and O–H groups in total. The molecule has 0 unspecified atom stereocenters. The molecule has 1 amide bonds. The van der Waals surface area contributed by atoms with Gasteiger partial charge in [-0.1, -0.05) is 18.9 Å². The maximum Gasteiger partial charge on any atom is 0.274 e. The highest BCUT2D eigenvalue weighted by molar-refractivity contribution is 7.08. The van der Waals surface area contributed by atoms with Gasteiger partial charge in [-0.05, 0) is 36.4 Å². The van der Waals surface area contributed by atoms with E-state index in [2.05, 4.69) is 16.4 Å². The monoisotopic (exact) mass is 325 g/mol. The second-order valence-corrected chi connectivity index (χ2v) is 6.74. The summed E-state index contributed by atoms with van der Waals surface area (Å²) in [6.45, 7) is 1.69. The number of hydrogen-bond donors (Lipinski definition) is 0. The van der Waals surface area contributed by atoms with Crippen molar-refractivity contribution in [3.63, 3.8) is 0 Å². The van der Waals surface area contributed by atoms with Crippen molar-refractivity contribution in [2.45, 2.75) is 25.7 Å². The van der Waals surface area contributed by atoms with Crippen LogP contribution in [0.25, 0.3) is 16.9 Å². The largest absolute Gasteiger partial charge is 0.337 e. The molecule has 1 fully saturated rings. The quantitative estimate of drug-likeness (QED) is 0.712. The lowest BCUT2D eigenvalue weighted by molar-refractivity contribution is 0.0757. The van der Waals surface area contributed by atoms with Gasteiger partial charge < -0.3 is 4.90 Å². The first-order valence-electron chi connectivity index (χ1n) is 8.13. The summed E-state index contributed by atoms with van der Waals surface area (Å²) < 4.78 is 2.02. The lowest BCUT2D eigenvalue weighted by Crippen LogP contribution is -2.32. The number of likely N-dealkylation sites (tertiary alicyclic amines) is 1. The van der Waals surface area contributed by atoms with Gasteiger partial charge in [0.25, 0.3) is 5.91 Å². The van der Waals surface area contributed by atoms with Gasteiger partial charge >= 0.3 is 0 Å². The molecular weight excluding hydrogens is 306 g/mol. The molecular formula is C18H19N3OS. The number of nitrogens with zero attached hydrogens (tertiary/aromatic N) is 3. The van der Waals surface area contributed by atoms with Crippen LogP contribution in [-0.2, 0) is 0 Å². The number of carbonyl (C=O) groups is 1. The molecule has 4 nitrogen and oxygen atoms in total. The van der Waals surface area contributed by atoms with E-state index in [-0.39, 0.29) is 5.91 Å². The third-order valence-electron chi connectivity index (χ3n) is 4.42. The molecule has 5 heteroatoms. The molecule has 4 heterocycles. The summed E-state index contributed by atoms with van der Waals surface area (Å²) in [5.74, 6) is 0.0665. The van der Waals surface area contributed by atoms with Gasteiger partial charge in [0.15, 0.2) is 5.69 Å². The van der Waals surface area contributed by atoms with Crippen LogP contribution in [0, 0.1) is 0 Å². The van der Waals surface area contributed by atoms with Crippen molar-refractivity contribution in [2.24, 2.45) is 0 Å². The van der Waals surface area contributed by atoms with Crippen molar-refractivity contribution in [3.8, 4) is 11.3 Å². The first kappa shape index (κ1) is 14.5. The Hall–Kier alpha value is -2.14. The van der Waals surface area contributed by atoms with Gasteiger partial charge in [-0.3, -0.25) is 9.20 Å². The summed E-state index contributed by atoms with van der Waals surface area (Å²) in [6, 6.07) is 7.94. The lowest BCUT2D eigenvalue weighted by Gasteiger charge is -2.19. The minimum atomic E-state index is 0.0665. The number of thiophene rings is 1. The minimum Gasteiger partial charge on any atom is -0.337 e. The van der Waals surface area contributed by atoms with Crippen molar-refractivity contribution in [1.29, 1.82) is 0 Å². The number of fused-ring (bicyclic) bond motifs is 1. The molecule has 118 valence electrons. The third-order valence-corrected chi connectivity index (χ3v) is 5.10. The Bertz CT molecular complexity index is 814. The predicted molar refractivity (Wildman–Crippen MR) is 92.9 cm³/mol. The van der Waals surface area contributed by atoms with E-state index in [0.29, 0.717) is 5.69 Å². The van der Waals surface area contributed by atoms with E-state index < -0.39 is 0 Å². The fraction of sp³-hybridized carbons (Fsp3) is 0.333. The molecule has 0 aromatic carbocycles. The molecule has 1 aliphatic rings. The van der Waals surface area contributed by atoms with E-state index in [1.807, 2.05) is 39.1 Å². The van der Waals surface area contributed by atoms with Crippen LogP contribution in [0.2, 0.25) is 0 Å². The van der Waals surface area contributed by atoms with E-state index in [0.717, 1.165) is 42.8 Å². The Kier molecular flexibility index (Phi) is 3.87. The van der Waals surface area contributed by atoms with Gasteiger partial charge in [-0.25, -0.2) is 4.98 Å². The van der Waals surface area contributed by atoms with Gasteiger partial charge in [0.05, 0.1) is 5.69 Å². The van der Waals surface area contributed by atoms with Gasteiger partial charge in [-0.15, -0.1) is 0 Å². The smallest absolute Gasteiger partial charge is 0.274 e. The second kappa shape index (κ2) is 6.16. The topological polar surface area (TPSA) is 37.6 Å². The molecule has 0 atom stereocenters. The van der Waals surface area contributed by atoms with Crippen LogP contribution >= 0.6 is 11.3 Å². The van der Waals surface area contributed by atoms with Crippen LogP contribution in [0.4, 0.5) is 0 Å². The summed E-state index contributed by atoms with van der Waals surface area (Å²) >= 11 is 1.64. The molecule has 0 spiro atoms. The van der Waals surface area contributed by atoms with E-state index in [4.69, 9.17) is 0 Å². The molecule has 0 radical (unpaired) electrons. The van der Waals surface area contributed by atoms with Crippen LogP contribution in [0.5, 0.6) is 0 Å². The van der Waals surface area contributed by atoms with Gasteiger partial charge in [0, 0.05) is 30.2 Å². The molecule has 0 saturated carbocycles. The number of pyridine rings is 1. The zero-order valence-electron chi connectivity index (χ0n) is 12.9. The van der Waals surface area contributed by atoms with Crippen molar-refractivity contribution < 1.29 is 4.79 Å². The maximum atomic E-state index is 13.1. The van der Waals surface area contributed by atoms with Crippen molar-refractivity contribution in [3.05, 3.63) is 46.9 Å². The Morgan fingerprint density at radius 1 is 1.09 bits per heavy atom. The number of imidazole rings is 1. The van der Waals surface area contributed by atoms with E-state index in [1.165, 1.54) is 12.8 Å². The van der Waals surface area contributed by atoms with Crippen molar-refractivity contribution >= 4 is 22.9 Å². The van der Waals surface area contributed by atoms with Gasteiger partial charge in [0.2, 0.25) is 0 Å².